The molecule has 1 aromatic carbocycles. The smallest absolute Gasteiger partial charge is 0.327 e. The summed E-state index contributed by atoms with van der Waals surface area (Å²) in [4.78, 5) is 28.5. The third kappa shape index (κ3) is 6.25. The van der Waals surface area contributed by atoms with Gasteiger partial charge in [0.15, 0.2) is 0 Å². The van der Waals surface area contributed by atoms with E-state index in [1.54, 1.807) is 24.3 Å². The molecule has 0 saturated heterocycles. The van der Waals surface area contributed by atoms with Crippen LogP contribution in [0.25, 0.3) is 0 Å². The van der Waals surface area contributed by atoms with Crippen LogP contribution in [0.1, 0.15) is 18.9 Å². The second kappa shape index (κ2) is 8.30. The molecular weight excluding hydrogens is 310 g/mol. The largest absolute Gasteiger partial charge is 0.395 e. The summed E-state index contributed by atoms with van der Waals surface area (Å²) in [6, 6.07) is 4.70. The van der Waals surface area contributed by atoms with Gasteiger partial charge in [0, 0.05) is 6.42 Å². The van der Waals surface area contributed by atoms with Crippen LogP contribution in [0, 0.1) is 0 Å². The van der Waals surface area contributed by atoms with Gasteiger partial charge in [0.25, 0.3) is 0 Å². The molecule has 0 unspecified atom stereocenters. The zero-order valence-electron chi connectivity index (χ0n) is 14.7. The Balaban J connectivity index is 2.66. The molecule has 4 amide bonds. The molecule has 0 bridgehead atoms. The fourth-order valence-electron chi connectivity index (χ4n) is 2.01. The number of nitrogens with two attached hydrogens (primary N) is 2. The molecule has 0 aliphatic heterocycles. The Bertz CT molecular complexity index is 591. The van der Waals surface area contributed by atoms with E-state index in [9.17, 15) is 9.59 Å². The van der Waals surface area contributed by atoms with Gasteiger partial charge in [0.2, 0.25) is 0 Å². The lowest BCUT2D eigenvalue weighted by molar-refractivity contribution is -0.870. The molecule has 1 aromatic rings. The van der Waals surface area contributed by atoms with Crippen molar-refractivity contribution >= 4 is 23.5 Å². The van der Waals surface area contributed by atoms with Crippen molar-refractivity contribution < 1.29 is 18.9 Å². The Hall–Kier alpha value is -2.61. The first-order chi connectivity index (χ1) is 11.1. The van der Waals surface area contributed by atoms with E-state index in [0.717, 1.165) is 23.0 Å². The Kier molecular flexibility index (Phi) is 6.72. The summed E-state index contributed by atoms with van der Waals surface area (Å²) in [5, 5.41) is 4.07. The monoisotopic (exact) mass is 336 g/mol. The van der Waals surface area contributed by atoms with Crippen LogP contribution in [-0.4, -0.2) is 56.6 Å². The molecule has 8 heteroatoms. The number of anilines is 1. The van der Waals surface area contributed by atoms with E-state index < -0.39 is 12.1 Å². The molecule has 0 saturated carbocycles. The van der Waals surface area contributed by atoms with Gasteiger partial charge in [-0.05, 0) is 24.6 Å². The van der Waals surface area contributed by atoms with Gasteiger partial charge in [0.05, 0.1) is 39.1 Å². The van der Waals surface area contributed by atoms with E-state index >= 15 is 0 Å². The highest BCUT2D eigenvalue weighted by Gasteiger charge is 2.17. The number of carbonyl (C=O) groups is 2. The van der Waals surface area contributed by atoms with E-state index in [-0.39, 0.29) is 0 Å². The molecule has 0 heterocycles. The Morgan fingerprint density at radius 3 is 2.12 bits per heavy atom. The van der Waals surface area contributed by atoms with E-state index in [0.29, 0.717) is 22.9 Å². The molecule has 8 nitrogen and oxygen atoms in total. The molecule has 0 aliphatic carbocycles. The van der Waals surface area contributed by atoms with Crippen molar-refractivity contribution in [2.75, 3.05) is 39.2 Å². The number of urea groups is 2. The van der Waals surface area contributed by atoms with Gasteiger partial charge in [-0.2, -0.15) is 0 Å². The minimum Gasteiger partial charge on any atom is -0.395 e. The van der Waals surface area contributed by atoms with Crippen LogP contribution in [0.4, 0.5) is 15.3 Å². The number of rotatable bonds is 7. The van der Waals surface area contributed by atoms with Crippen molar-refractivity contribution in [3.8, 4) is 0 Å². The second-order valence-electron chi connectivity index (χ2n) is 6.44. The highest BCUT2D eigenvalue weighted by atomic mass is 16.6. The van der Waals surface area contributed by atoms with Crippen LogP contribution in [0.3, 0.4) is 0 Å². The van der Waals surface area contributed by atoms with Crippen molar-refractivity contribution in [3.63, 3.8) is 0 Å². The van der Waals surface area contributed by atoms with Crippen molar-refractivity contribution in [2.45, 2.75) is 13.3 Å². The summed E-state index contributed by atoms with van der Waals surface area (Å²) < 4.78 is 0.879. The topological polar surface area (TPSA) is 111 Å². The average Bonchev–Trinajstić information content (AvgIpc) is 2.45. The molecule has 4 N–H and O–H groups in total. The molecule has 0 spiro atoms. The number of hydrogen-bond donors (Lipinski definition) is 2. The number of benzene rings is 1. The number of primary amides is 2. The normalized spacial score (nSPS) is 11.9. The first kappa shape index (κ1) is 19.4. The summed E-state index contributed by atoms with van der Waals surface area (Å²) >= 11 is 0. The molecule has 0 radical (unpaired) electrons. The average molecular weight is 336 g/mol. The van der Waals surface area contributed by atoms with Gasteiger partial charge in [0.1, 0.15) is 6.61 Å². The third-order valence-electron chi connectivity index (χ3n) is 3.25. The predicted octanol–water partition coefficient (Wildman–Crippen LogP) is 1.49. The van der Waals surface area contributed by atoms with Crippen LogP contribution >= 0.6 is 0 Å². The maximum atomic E-state index is 11.2. The van der Waals surface area contributed by atoms with E-state index in [2.05, 4.69) is 26.3 Å². The molecule has 132 valence electrons. The summed E-state index contributed by atoms with van der Waals surface area (Å²) in [5.74, 6) is 0. The summed E-state index contributed by atoms with van der Waals surface area (Å²) in [7, 11) is 6.37. The van der Waals surface area contributed by atoms with Crippen LogP contribution in [0.15, 0.2) is 29.4 Å². The van der Waals surface area contributed by atoms with Gasteiger partial charge in [-0.15, -0.1) is 0 Å². The van der Waals surface area contributed by atoms with Crippen LogP contribution in [-0.2, 0) is 4.84 Å². The minimum absolute atomic E-state index is 0.301. The number of nitrogens with zero attached hydrogens (tertiary/aromatic N) is 3. The molecule has 0 fully saturated rings. The Morgan fingerprint density at radius 2 is 1.67 bits per heavy atom. The minimum atomic E-state index is -0.929. The molecule has 24 heavy (non-hydrogen) atoms. The van der Waals surface area contributed by atoms with E-state index in [1.165, 1.54) is 0 Å². The second-order valence-corrected chi connectivity index (χ2v) is 6.44. The first-order valence-electron chi connectivity index (χ1n) is 7.58. The molecule has 0 atom stereocenters. The Morgan fingerprint density at radius 1 is 1.12 bits per heavy atom. The van der Waals surface area contributed by atoms with Gasteiger partial charge in [-0.1, -0.05) is 17.3 Å². The van der Waals surface area contributed by atoms with E-state index in [4.69, 9.17) is 16.3 Å². The first-order valence-corrected chi connectivity index (χ1v) is 7.58. The number of hydrogen-bond acceptors (Lipinski definition) is 4. The quantitative estimate of drug-likeness (QED) is 0.340. The lowest BCUT2D eigenvalue weighted by Crippen LogP contribution is -2.44. The van der Waals surface area contributed by atoms with Crippen LogP contribution in [0.2, 0.25) is 0 Å². The summed E-state index contributed by atoms with van der Waals surface area (Å²) in [5.41, 5.74) is 12.1. The number of imide groups is 1. The standard InChI is InChI=1S/C16H25N5O3/c1-12(19-24-11-5-10-21(2,3)4)13-6-8-14(9-7-13)20(15(17)22)16(18)23/h6-9H,5,10-11H2,1-4H3,(H3-,17,18,22,23)/p+1/b19-12+. The highest BCUT2D eigenvalue weighted by molar-refractivity contribution is 6.12. The fourth-order valence-corrected chi connectivity index (χ4v) is 2.01. The number of quaternary nitrogens is 1. The summed E-state index contributed by atoms with van der Waals surface area (Å²) in [6.07, 6.45) is 0.908. The molecule has 0 aromatic heterocycles. The lowest BCUT2D eigenvalue weighted by atomic mass is 10.1. The van der Waals surface area contributed by atoms with Crippen molar-refractivity contribution in [1.82, 2.24) is 0 Å². The van der Waals surface area contributed by atoms with Gasteiger partial charge in [-0.25, -0.2) is 14.5 Å². The lowest BCUT2D eigenvalue weighted by Gasteiger charge is -2.23. The van der Waals surface area contributed by atoms with E-state index in [1.807, 2.05) is 6.92 Å². The number of carbonyl (C=O) groups excluding carboxylic acids is 2. The van der Waals surface area contributed by atoms with Crippen molar-refractivity contribution in [3.05, 3.63) is 29.8 Å². The number of oxime groups is 1. The maximum Gasteiger partial charge on any atom is 0.327 e. The highest BCUT2D eigenvalue weighted by Crippen LogP contribution is 2.15. The molecule has 1 rings (SSSR count). The van der Waals surface area contributed by atoms with Crippen molar-refractivity contribution in [1.29, 1.82) is 0 Å². The zero-order valence-corrected chi connectivity index (χ0v) is 14.7. The maximum absolute atomic E-state index is 11.2. The molecular formula is C16H26N5O3+. The molecule has 0 aliphatic rings. The van der Waals surface area contributed by atoms with Crippen LogP contribution in [0.5, 0.6) is 0 Å². The fraction of sp³-hybridized carbons (Fsp3) is 0.438. The van der Waals surface area contributed by atoms with Gasteiger partial charge >= 0.3 is 12.1 Å². The number of amides is 4. The zero-order chi connectivity index (χ0) is 18.3. The summed E-state index contributed by atoms with van der Waals surface area (Å²) in [6.45, 7) is 3.36. The van der Waals surface area contributed by atoms with Gasteiger partial charge in [-0.3, -0.25) is 0 Å². The predicted molar refractivity (Wildman–Crippen MR) is 93.8 cm³/mol. The third-order valence-corrected chi connectivity index (χ3v) is 3.25. The SMILES string of the molecule is C/C(=N\OCCC[N+](C)(C)C)c1ccc(N(C(N)=O)C(N)=O)cc1. The van der Waals surface area contributed by atoms with Gasteiger partial charge < -0.3 is 20.8 Å². The van der Waals surface area contributed by atoms with Crippen LogP contribution < -0.4 is 16.4 Å². The Labute approximate surface area is 142 Å². The van der Waals surface area contributed by atoms with Crippen molar-refractivity contribution in [2.24, 2.45) is 16.6 Å².